The third kappa shape index (κ3) is 3.39. The van der Waals surface area contributed by atoms with Gasteiger partial charge in [-0.25, -0.2) is 9.78 Å². The van der Waals surface area contributed by atoms with Crippen LogP contribution in [0.15, 0.2) is 24.3 Å². The molecule has 0 saturated heterocycles. The zero-order chi connectivity index (χ0) is 18.1. The predicted molar refractivity (Wildman–Crippen MR) is 96.3 cm³/mol. The number of aryl methyl sites for hydroxylation is 1. The molecule has 2 heterocycles. The summed E-state index contributed by atoms with van der Waals surface area (Å²) < 4.78 is 7.31. The molecule has 1 aromatic carbocycles. The largest absolute Gasteiger partial charge is 0.465 e. The van der Waals surface area contributed by atoms with Crippen molar-refractivity contribution < 1.29 is 14.3 Å². The van der Waals surface area contributed by atoms with Gasteiger partial charge in [-0.1, -0.05) is 11.3 Å². The second-order valence-electron chi connectivity index (χ2n) is 5.86. The van der Waals surface area contributed by atoms with Crippen LogP contribution in [-0.2, 0) is 4.74 Å². The van der Waals surface area contributed by atoms with E-state index >= 15 is 0 Å². The molecule has 8 heteroatoms. The van der Waals surface area contributed by atoms with Gasteiger partial charge in [0, 0.05) is 11.7 Å². The number of rotatable bonds is 4. The van der Waals surface area contributed by atoms with Crippen LogP contribution >= 0.6 is 11.3 Å². The van der Waals surface area contributed by atoms with Crippen molar-refractivity contribution in [2.75, 3.05) is 12.4 Å². The summed E-state index contributed by atoms with van der Waals surface area (Å²) in [5.74, 6) is -0.717. The standard InChI is InChI=1S/C17H18N4O3S/c1-9(2)21-10(3)7-13(20-21)15(22)19-17-18-12-6-5-11(16(23)24-4)8-14(12)25-17/h5-9H,1-4H3,(H,18,19,22). The van der Waals surface area contributed by atoms with Crippen LogP contribution in [0.25, 0.3) is 10.2 Å². The monoisotopic (exact) mass is 358 g/mol. The topological polar surface area (TPSA) is 86.1 Å². The van der Waals surface area contributed by atoms with E-state index in [0.29, 0.717) is 21.9 Å². The molecule has 0 aliphatic rings. The lowest BCUT2D eigenvalue weighted by molar-refractivity contribution is 0.0601. The molecule has 130 valence electrons. The molecule has 0 aliphatic heterocycles. The highest BCUT2D eigenvalue weighted by molar-refractivity contribution is 7.22. The van der Waals surface area contributed by atoms with Crippen LogP contribution in [-0.4, -0.2) is 33.8 Å². The number of nitrogens with one attached hydrogen (secondary N) is 1. The minimum atomic E-state index is -0.407. The Kier molecular flexibility index (Phi) is 4.54. The van der Waals surface area contributed by atoms with Gasteiger partial charge >= 0.3 is 5.97 Å². The summed E-state index contributed by atoms with van der Waals surface area (Å²) in [4.78, 5) is 28.4. The number of carbonyl (C=O) groups excluding carboxylic acids is 2. The molecule has 3 aromatic rings. The number of esters is 1. The number of hydrogen-bond donors (Lipinski definition) is 1. The Morgan fingerprint density at radius 1 is 1.28 bits per heavy atom. The summed E-state index contributed by atoms with van der Waals surface area (Å²) in [6.45, 7) is 5.93. The number of carbonyl (C=O) groups is 2. The SMILES string of the molecule is COC(=O)c1ccc2nc(NC(=O)c3cc(C)n(C(C)C)n3)sc2c1. The van der Waals surface area contributed by atoms with E-state index in [1.54, 1.807) is 28.9 Å². The van der Waals surface area contributed by atoms with Crippen LogP contribution in [0.3, 0.4) is 0 Å². The number of methoxy groups -OCH3 is 1. The molecule has 0 atom stereocenters. The number of amides is 1. The van der Waals surface area contributed by atoms with Crippen molar-refractivity contribution >= 4 is 38.6 Å². The second-order valence-corrected chi connectivity index (χ2v) is 6.89. The van der Waals surface area contributed by atoms with E-state index in [9.17, 15) is 9.59 Å². The van der Waals surface area contributed by atoms with Crippen LogP contribution in [0.4, 0.5) is 5.13 Å². The Labute approximate surface area is 148 Å². The number of fused-ring (bicyclic) bond motifs is 1. The summed E-state index contributed by atoms with van der Waals surface area (Å²) in [6, 6.07) is 7.00. The van der Waals surface area contributed by atoms with Crippen LogP contribution in [0.2, 0.25) is 0 Å². The Hall–Kier alpha value is -2.74. The average molecular weight is 358 g/mol. The second kappa shape index (κ2) is 6.64. The molecule has 1 amide bonds. The molecule has 2 aromatic heterocycles. The number of nitrogens with zero attached hydrogens (tertiary/aromatic N) is 3. The first-order chi connectivity index (χ1) is 11.9. The molecule has 0 spiro atoms. The molecule has 0 fully saturated rings. The number of thiazole rings is 1. The Morgan fingerprint density at radius 2 is 2.04 bits per heavy atom. The maximum absolute atomic E-state index is 12.4. The molecule has 0 radical (unpaired) electrons. The molecule has 0 unspecified atom stereocenters. The van der Waals surface area contributed by atoms with Crippen molar-refractivity contribution in [1.29, 1.82) is 0 Å². The Bertz CT molecular complexity index is 958. The molecule has 25 heavy (non-hydrogen) atoms. The Morgan fingerprint density at radius 3 is 2.68 bits per heavy atom. The molecule has 3 rings (SSSR count). The first kappa shape index (κ1) is 17.1. The number of ether oxygens (including phenoxy) is 1. The minimum absolute atomic E-state index is 0.181. The fourth-order valence-corrected chi connectivity index (χ4v) is 3.41. The lowest BCUT2D eigenvalue weighted by Crippen LogP contribution is -2.13. The van der Waals surface area contributed by atoms with Crippen molar-refractivity contribution in [3.63, 3.8) is 0 Å². The van der Waals surface area contributed by atoms with Gasteiger partial charge in [-0.2, -0.15) is 5.10 Å². The maximum Gasteiger partial charge on any atom is 0.337 e. The van der Waals surface area contributed by atoms with Crippen molar-refractivity contribution in [2.24, 2.45) is 0 Å². The molecule has 7 nitrogen and oxygen atoms in total. The number of anilines is 1. The maximum atomic E-state index is 12.4. The smallest absolute Gasteiger partial charge is 0.337 e. The zero-order valence-electron chi connectivity index (χ0n) is 14.4. The molecular weight excluding hydrogens is 340 g/mol. The summed E-state index contributed by atoms with van der Waals surface area (Å²) in [5, 5.41) is 7.55. The van der Waals surface area contributed by atoms with Gasteiger partial charge in [-0.05, 0) is 45.0 Å². The first-order valence-electron chi connectivity index (χ1n) is 7.75. The van der Waals surface area contributed by atoms with E-state index in [1.807, 2.05) is 20.8 Å². The molecule has 0 saturated carbocycles. The van der Waals surface area contributed by atoms with Gasteiger partial charge in [0.05, 0.1) is 22.9 Å². The van der Waals surface area contributed by atoms with Crippen molar-refractivity contribution in [3.05, 3.63) is 41.2 Å². The van der Waals surface area contributed by atoms with Gasteiger partial charge in [-0.3, -0.25) is 14.8 Å². The fraction of sp³-hybridized carbons (Fsp3) is 0.294. The van der Waals surface area contributed by atoms with Crippen LogP contribution in [0, 0.1) is 6.92 Å². The fourth-order valence-electron chi connectivity index (χ4n) is 2.51. The zero-order valence-corrected chi connectivity index (χ0v) is 15.2. The highest BCUT2D eigenvalue weighted by atomic mass is 32.1. The van der Waals surface area contributed by atoms with Gasteiger partial charge in [-0.15, -0.1) is 0 Å². The van der Waals surface area contributed by atoms with Crippen LogP contribution < -0.4 is 5.32 Å². The summed E-state index contributed by atoms with van der Waals surface area (Å²) >= 11 is 1.29. The highest BCUT2D eigenvalue weighted by Crippen LogP contribution is 2.27. The van der Waals surface area contributed by atoms with E-state index in [4.69, 9.17) is 4.74 Å². The van der Waals surface area contributed by atoms with E-state index in [2.05, 4.69) is 15.4 Å². The summed E-state index contributed by atoms with van der Waals surface area (Å²) in [6.07, 6.45) is 0. The first-order valence-corrected chi connectivity index (χ1v) is 8.57. The number of benzene rings is 1. The lowest BCUT2D eigenvalue weighted by atomic mass is 10.2. The van der Waals surface area contributed by atoms with Crippen LogP contribution in [0.1, 0.15) is 46.4 Å². The molecular formula is C17H18N4O3S. The lowest BCUT2D eigenvalue weighted by Gasteiger charge is -2.06. The summed E-state index contributed by atoms with van der Waals surface area (Å²) in [7, 11) is 1.34. The van der Waals surface area contributed by atoms with E-state index in [-0.39, 0.29) is 11.9 Å². The quantitative estimate of drug-likeness (QED) is 0.722. The van der Waals surface area contributed by atoms with Gasteiger partial charge in [0.1, 0.15) is 0 Å². The van der Waals surface area contributed by atoms with Crippen molar-refractivity contribution in [1.82, 2.24) is 14.8 Å². The van der Waals surface area contributed by atoms with Crippen LogP contribution in [0.5, 0.6) is 0 Å². The van der Waals surface area contributed by atoms with Gasteiger partial charge in [0.25, 0.3) is 5.91 Å². The highest BCUT2D eigenvalue weighted by Gasteiger charge is 2.16. The normalized spacial score (nSPS) is 11.1. The van der Waals surface area contributed by atoms with E-state index in [1.165, 1.54) is 18.4 Å². The van der Waals surface area contributed by atoms with Crippen molar-refractivity contribution in [2.45, 2.75) is 26.8 Å². The van der Waals surface area contributed by atoms with Gasteiger partial charge in [0.2, 0.25) is 0 Å². The number of hydrogen-bond acceptors (Lipinski definition) is 6. The molecule has 0 bridgehead atoms. The Balaban J connectivity index is 1.84. The number of aromatic nitrogens is 3. The van der Waals surface area contributed by atoms with Gasteiger partial charge in [0.15, 0.2) is 10.8 Å². The van der Waals surface area contributed by atoms with Crippen molar-refractivity contribution in [3.8, 4) is 0 Å². The minimum Gasteiger partial charge on any atom is -0.465 e. The van der Waals surface area contributed by atoms with E-state index < -0.39 is 5.97 Å². The predicted octanol–water partition coefficient (Wildman–Crippen LogP) is 3.42. The molecule has 0 aliphatic carbocycles. The molecule has 1 N–H and O–H groups in total. The third-order valence-electron chi connectivity index (χ3n) is 3.67. The average Bonchev–Trinajstić information content (AvgIpc) is 3.16. The third-order valence-corrected chi connectivity index (χ3v) is 4.61. The summed E-state index contributed by atoms with van der Waals surface area (Å²) in [5.41, 5.74) is 2.42. The van der Waals surface area contributed by atoms with Gasteiger partial charge < -0.3 is 4.74 Å². The van der Waals surface area contributed by atoms with E-state index in [0.717, 1.165) is 10.4 Å².